The second-order valence-corrected chi connectivity index (χ2v) is 5.56. The van der Waals surface area contributed by atoms with E-state index in [0.717, 1.165) is 5.69 Å². The van der Waals surface area contributed by atoms with E-state index in [-0.39, 0.29) is 18.3 Å². The minimum absolute atomic E-state index is 0. The normalized spacial score (nSPS) is 8.46. The molecule has 1 rings (SSSR count). The number of hydrogen-bond donors (Lipinski definition) is 1. The van der Waals surface area contributed by atoms with Gasteiger partial charge in [0.05, 0.1) is 0 Å². The Labute approximate surface area is 99.8 Å². The van der Waals surface area contributed by atoms with Gasteiger partial charge in [-0.05, 0) is 0 Å². The molecule has 64 valence electrons. The quantitative estimate of drug-likeness (QED) is 0.465. The molecule has 0 spiro atoms. The zero-order valence-electron chi connectivity index (χ0n) is 7.09. The van der Waals surface area contributed by atoms with Gasteiger partial charge < -0.3 is 12.4 Å². The molecule has 2 nitrogen and oxygen atoms in total. The minimum atomic E-state index is -0.166. The van der Waals surface area contributed by atoms with Crippen molar-refractivity contribution >= 4 is 14.7 Å². The Bertz CT molecular complexity index is 297. The van der Waals surface area contributed by atoms with E-state index in [2.05, 4.69) is 11.9 Å². The molecule has 0 fully saturated rings. The van der Waals surface area contributed by atoms with Crippen molar-refractivity contribution < 1.29 is 43.3 Å². The molecule has 1 aromatic carbocycles. The van der Waals surface area contributed by atoms with E-state index in [9.17, 15) is 4.79 Å². The average molecular weight is 382 g/mol. The summed E-state index contributed by atoms with van der Waals surface area (Å²) in [5.41, 5.74) is 0.828. The minimum Gasteiger partial charge on any atom is -1.00 e. The van der Waals surface area contributed by atoms with Crippen molar-refractivity contribution in [2.45, 2.75) is 0 Å². The molecule has 0 radical (unpaired) electrons. The van der Waals surface area contributed by atoms with Gasteiger partial charge in [0.2, 0.25) is 0 Å². The molecule has 0 aliphatic carbocycles. The standard InChI is InChI=1S/C9H8NO.ClH.Hg/c1-2-9(11)10-8-6-4-3-5-7-8;;/h2,4-7H,1H2,(H,10,11);1H;/q;;+1/p-1. The first kappa shape index (κ1) is 12.7. The SMILES string of the molecule is C=CC(=O)Nc1cc[c]([Hg+])cc1.[Cl-]. The summed E-state index contributed by atoms with van der Waals surface area (Å²) in [6.07, 6.45) is 1.26. The molecule has 13 heavy (non-hydrogen) atoms. The van der Waals surface area contributed by atoms with Gasteiger partial charge in [0.25, 0.3) is 0 Å². The molecule has 0 saturated heterocycles. The number of nitrogens with one attached hydrogen (secondary N) is 1. The van der Waals surface area contributed by atoms with Crippen LogP contribution >= 0.6 is 0 Å². The second kappa shape index (κ2) is 6.16. The smallest absolute Gasteiger partial charge is 1.00 e. The van der Waals surface area contributed by atoms with Crippen LogP contribution in [0.25, 0.3) is 0 Å². The van der Waals surface area contributed by atoms with Crippen LogP contribution in [0.1, 0.15) is 0 Å². The molecule has 0 saturated carbocycles. The van der Waals surface area contributed by atoms with Crippen LogP contribution in [-0.4, -0.2) is 5.91 Å². The van der Waals surface area contributed by atoms with E-state index in [1.54, 1.807) is 0 Å². The van der Waals surface area contributed by atoms with Gasteiger partial charge in [-0.25, -0.2) is 0 Å². The number of rotatable bonds is 2. The van der Waals surface area contributed by atoms with Gasteiger partial charge in [-0.1, -0.05) is 0 Å². The molecule has 1 N–H and O–H groups in total. The zero-order chi connectivity index (χ0) is 8.97. The molecule has 0 aromatic heterocycles. The van der Waals surface area contributed by atoms with Crippen LogP contribution in [0.3, 0.4) is 0 Å². The molecule has 0 heterocycles. The van der Waals surface area contributed by atoms with Crippen LogP contribution in [0.15, 0.2) is 36.9 Å². The molecule has 0 aliphatic heterocycles. The van der Waals surface area contributed by atoms with E-state index < -0.39 is 0 Å². The summed E-state index contributed by atoms with van der Waals surface area (Å²) in [5, 5.41) is 2.68. The maximum atomic E-state index is 10.8. The number of halogens is 1. The second-order valence-electron chi connectivity index (χ2n) is 2.39. The Morgan fingerprint density at radius 2 is 1.92 bits per heavy atom. The van der Waals surface area contributed by atoms with Crippen molar-refractivity contribution in [3.8, 4) is 0 Å². The summed E-state index contributed by atoms with van der Waals surface area (Å²) in [6, 6.07) is 7.87. The van der Waals surface area contributed by atoms with Crippen molar-refractivity contribution in [3.05, 3.63) is 36.9 Å². The average Bonchev–Trinajstić information content (AvgIpc) is 2.09. The molecule has 1 amide bonds. The largest absolute Gasteiger partial charge is 1.00 e. The Kier molecular flexibility index (Phi) is 6.00. The number of hydrogen-bond acceptors (Lipinski definition) is 1. The van der Waals surface area contributed by atoms with Gasteiger partial charge >= 0.3 is 87.8 Å². The first-order valence-electron chi connectivity index (χ1n) is 3.58. The third kappa shape index (κ3) is 4.43. The Balaban J connectivity index is 0.00000144. The first-order valence-corrected chi connectivity index (χ1v) is 6.32. The first-order chi connectivity index (χ1) is 5.72. The molecule has 0 atom stereocenters. The summed E-state index contributed by atoms with van der Waals surface area (Å²) < 4.78 is 1.37. The fourth-order valence-corrected chi connectivity index (χ4v) is 1.70. The van der Waals surface area contributed by atoms with Crippen LogP contribution in [0, 0.1) is 0 Å². The van der Waals surface area contributed by atoms with Crippen LogP contribution < -0.4 is 20.8 Å². The molecular weight excluding hydrogens is 374 g/mol. The van der Waals surface area contributed by atoms with Crippen molar-refractivity contribution in [2.24, 2.45) is 0 Å². The number of carbonyl (C=O) groups is 1. The van der Waals surface area contributed by atoms with E-state index in [1.807, 2.05) is 24.3 Å². The monoisotopic (exact) mass is 383 g/mol. The maximum Gasteiger partial charge on any atom is -1.00 e. The zero-order valence-corrected chi connectivity index (χ0v) is 13.3. The summed E-state index contributed by atoms with van der Waals surface area (Å²) in [6.45, 7) is 3.37. The van der Waals surface area contributed by atoms with Crippen molar-refractivity contribution in [3.63, 3.8) is 0 Å². The molecule has 0 bridgehead atoms. The van der Waals surface area contributed by atoms with Gasteiger partial charge in [0, 0.05) is 0 Å². The van der Waals surface area contributed by atoms with Crippen LogP contribution in [0.2, 0.25) is 0 Å². The third-order valence-electron chi connectivity index (χ3n) is 1.41. The van der Waals surface area contributed by atoms with Gasteiger partial charge in [-0.3, -0.25) is 0 Å². The van der Waals surface area contributed by atoms with Gasteiger partial charge in [-0.2, -0.15) is 0 Å². The van der Waals surface area contributed by atoms with E-state index >= 15 is 0 Å². The summed E-state index contributed by atoms with van der Waals surface area (Å²) in [4.78, 5) is 10.8. The maximum absolute atomic E-state index is 10.8. The van der Waals surface area contributed by atoms with Crippen LogP contribution in [0.4, 0.5) is 5.69 Å². The Morgan fingerprint density at radius 3 is 2.38 bits per heavy atom. The van der Waals surface area contributed by atoms with E-state index in [0.29, 0.717) is 26.1 Å². The molecule has 0 aliphatic rings. The van der Waals surface area contributed by atoms with Crippen LogP contribution in [-0.2, 0) is 30.9 Å². The third-order valence-corrected chi connectivity index (χ3v) is 3.24. The van der Waals surface area contributed by atoms with Gasteiger partial charge in [0.1, 0.15) is 0 Å². The van der Waals surface area contributed by atoms with Gasteiger partial charge in [-0.15, -0.1) is 0 Å². The van der Waals surface area contributed by atoms with Crippen molar-refractivity contribution in [2.75, 3.05) is 5.32 Å². The summed E-state index contributed by atoms with van der Waals surface area (Å²) >= 11 is 0.654. The molecule has 0 unspecified atom stereocenters. The molecule has 4 heteroatoms. The van der Waals surface area contributed by atoms with E-state index in [1.165, 1.54) is 9.15 Å². The predicted molar refractivity (Wildman–Crippen MR) is 44.9 cm³/mol. The topological polar surface area (TPSA) is 29.1 Å². The van der Waals surface area contributed by atoms with Crippen LogP contribution in [0.5, 0.6) is 0 Å². The number of carbonyl (C=O) groups excluding carboxylic acids is 1. The summed E-state index contributed by atoms with van der Waals surface area (Å²) in [5.74, 6) is -0.166. The fourth-order valence-electron chi connectivity index (χ4n) is 0.781. The number of amides is 1. The number of anilines is 1. The Hall–Kier alpha value is -0.345. The molecule has 1 aromatic rings. The Morgan fingerprint density at radius 1 is 1.38 bits per heavy atom. The van der Waals surface area contributed by atoms with Gasteiger partial charge in [0.15, 0.2) is 0 Å². The fraction of sp³-hybridized carbons (Fsp3) is 0. The van der Waals surface area contributed by atoms with Crippen molar-refractivity contribution in [1.82, 2.24) is 0 Å². The summed E-state index contributed by atoms with van der Waals surface area (Å²) in [7, 11) is 0. The number of benzene rings is 1. The predicted octanol–water partition coefficient (Wildman–Crippen LogP) is -2.01. The molecular formula is C9H8ClHgNO. The van der Waals surface area contributed by atoms with E-state index in [4.69, 9.17) is 0 Å². The van der Waals surface area contributed by atoms with Crippen molar-refractivity contribution in [1.29, 1.82) is 0 Å².